The van der Waals surface area contributed by atoms with Gasteiger partial charge in [0, 0.05) is 18.3 Å². The average Bonchev–Trinajstić information content (AvgIpc) is 2.82. The zero-order valence-electron chi connectivity index (χ0n) is 11.5. The first-order chi connectivity index (χ1) is 9.26. The number of hydrogen-bond donors (Lipinski definition) is 1. The third-order valence-corrected chi connectivity index (χ3v) is 4.25. The van der Waals surface area contributed by atoms with E-state index < -0.39 is 0 Å². The fraction of sp³-hybridized carbons (Fsp3) is 0.533. The molecular weight excluding hydrogens is 236 g/mol. The summed E-state index contributed by atoms with van der Waals surface area (Å²) in [4.78, 5) is 7.09. The first kappa shape index (κ1) is 12.5. The van der Waals surface area contributed by atoms with Crippen LogP contribution < -0.4 is 5.73 Å². The van der Waals surface area contributed by atoms with E-state index in [0.717, 1.165) is 29.4 Å². The molecule has 4 nitrogen and oxygen atoms in total. The van der Waals surface area contributed by atoms with E-state index in [9.17, 15) is 0 Å². The van der Waals surface area contributed by atoms with Gasteiger partial charge in [0.15, 0.2) is 0 Å². The van der Waals surface area contributed by atoms with Crippen molar-refractivity contribution < 1.29 is 0 Å². The number of nitrogen functional groups attached to an aromatic ring is 1. The summed E-state index contributed by atoms with van der Waals surface area (Å²) in [6, 6.07) is 3.96. The van der Waals surface area contributed by atoms with Crippen molar-refractivity contribution in [3.63, 3.8) is 0 Å². The van der Waals surface area contributed by atoms with Crippen LogP contribution in [0.1, 0.15) is 25.6 Å². The maximum Gasteiger partial charge on any atom is 0.113 e. The minimum Gasteiger partial charge on any atom is -0.398 e. The lowest BCUT2D eigenvalue weighted by Gasteiger charge is -2.30. The number of nitrogens with two attached hydrogens (primary N) is 1. The lowest BCUT2D eigenvalue weighted by Crippen LogP contribution is -2.34. The van der Waals surface area contributed by atoms with Gasteiger partial charge in [-0.1, -0.05) is 6.92 Å². The molecule has 4 heteroatoms. The Bertz CT molecular complexity index is 552. The Balaban J connectivity index is 1.73. The van der Waals surface area contributed by atoms with E-state index in [1.165, 1.54) is 32.5 Å². The van der Waals surface area contributed by atoms with Gasteiger partial charge in [-0.05, 0) is 50.5 Å². The van der Waals surface area contributed by atoms with Crippen LogP contribution in [0.3, 0.4) is 0 Å². The smallest absolute Gasteiger partial charge is 0.113 e. The third kappa shape index (κ3) is 2.59. The predicted octanol–water partition coefficient (Wildman–Crippen LogP) is 2.19. The van der Waals surface area contributed by atoms with E-state index in [1.807, 2.05) is 24.5 Å². The zero-order chi connectivity index (χ0) is 13.2. The fourth-order valence-corrected chi connectivity index (χ4v) is 2.98. The molecule has 2 aromatic heterocycles. The number of rotatable bonds is 3. The first-order valence-corrected chi connectivity index (χ1v) is 7.20. The van der Waals surface area contributed by atoms with Crippen molar-refractivity contribution >= 4 is 11.2 Å². The van der Waals surface area contributed by atoms with Crippen LogP contribution in [0.15, 0.2) is 24.5 Å². The molecule has 0 aromatic carbocycles. The summed E-state index contributed by atoms with van der Waals surface area (Å²) >= 11 is 0. The molecule has 3 rings (SSSR count). The van der Waals surface area contributed by atoms with Gasteiger partial charge < -0.3 is 15.0 Å². The van der Waals surface area contributed by atoms with Crippen LogP contribution in [0.25, 0.3) is 5.52 Å². The normalized spacial score (nSPS) is 18.2. The Morgan fingerprint density at radius 3 is 2.84 bits per heavy atom. The van der Waals surface area contributed by atoms with Crippen LogP contribution >= 0.6 is 0 Å². The molecule has 0 amide bonds. The molecule has 2 N–H and O–H groups in total. The van der Waals surface area contributed by atoms with Crippen molar-refractivity contribution in [3.8, 4) is 0 Å². The number of piperidine rings is 1. The highest BCUT2D eigenvalue weighted by Crippen LogP contribution is 2.22. The molecule has 1 saturated heterocycles. The van der Waals surface area contributed by atoms with Gasteiger partial charge in [0.25, 0.3) is 0 Å². The molecule has 1 aliphatic heterocycles. The van der Waals surface area contributed by atoms with Crippen molar-refractivity contribution in [3.05, 3.63) is 30.4 Å². The largest absolute Gasteiger partial charge is 0.398 e. The van der Waals surface area contributed by atoms with Gasteiger partial charge in [0.2, 0.25) is 0 Å². The Labute approximate surface area is 114 Å². The van der Waals surface area contributed by atoms with Gasteiger partial charge >= 0.3 is 0 Å². The molecule has 0 spiro atoms. The monoisotopic (exact) mass is 258 g/mol. The summed E-state index contributed by atoms with van der Waals surface area (Å²) in [7, 11) is 0. The molecule has 0 saturated carbocycles. The second kappa shape index (κ2) is 5.21. The average molecular weight is 258 g/mol. The number of hydrogen-bond acceptors (Lipinski definition) is 3. The maximum absolute atomic E-state index is 5.87. The second-order valence-corrected chi connectivity index (χ2v) is 5.51. The van der Waals surface area contributed by atoms with E-state index in [4.69, 9.17) is 5.73 Å². The van der Waals surface area contributed by atoms with Crippen molar-refractivity contribution in [1.82, 2.24) is 14.3 Å². The van der Waals surface area contributed by atoms with Crippen LogP contribution in [-0.4, -0.2) is 33.9 Å². The summed E-state index contributed by atoms with van der Waals surface area (Å²) < 4.78 is 2.14. The first-order valence-electron chi connectivity index (χ1n) is 7.20. The molecule has 1 aliphatic rings. The summed E-state index contributed by atoms with van der Waals surface area (Å²) in [5.74, 6) is 1.91. The van der Waals surface area contributed by atoms with Crippen LogP contribution in [0.2, 0.25) is 0 Å². The molecule has 0 radical (unpaired) electrons. The highest BCUT2D eigenvalue weighted by atomic mass is 15.1. The minimum atomic E-state index is 0.759. The Kier molecular flexibility index (Phi) is 3.42. The van der Waals surface area contributed by atoms with Gasteiger partial charge in [-0.15, -0.1) is 0 Å². The Hall–Kier alpha value is -1.55. The van der Waals surface area contributed by atoms with Gasteiger partial charge in [0.1, 0.15) is 5.82 Å². The summed E-state index contributed by atoms with van der Waals surface area (Å²) in [5, 5.41) is 0. The zero-order valence-corrected chi connectivity index (χ0v) is 11.5. The molecule has 19 heavy (non-hydrogen) atoms. The molecule has 102 valence electrons. The van der Waals surface area contributed by atoms with E-state index in [1.54, 1.807) is 0 Å². The lowest BCUT2D eigenvalue weighted by molar-refractivity contribution is 0.191. The molecule has 2 aromatic rings. The third-order valence-electron chi connectivity index (χ3n) is 4.25. The van der Waals surface area contributed by atoms with Crippen molar-refractivity contribution in [1.29, 1.82) is 0 Å². The van der Waals surface area contributed by atoms with Crippen molar-refractivity contribution in [2.75, 3.05) is 25.4 Å². The number of likely N-dealkylation sites (tertiary alicyclic amines) is 1. The highest BCUT2D eigenvalue weighted by Gasteiger charge is 2.19. The lowest BCUT2D eigenvalue weighted by atomic mass is 9.93. The quantitative estimate of drug-likeness (QED) is 0.918. The van der Waals surface area contributed by atoms with Crippen LogP contribution in [0.4, 0.5) is 5.69 Å². The van der Waals surface area contributed by atoms with Gasteiger partial charge in [-0.2, -0.15) is 0 Å². The molecule has 0 aliphatic carbocycles. The van der Waals surface area contributed by atoms with E-state index in [2.05, 4.69) is 21.2 Å². The van der Waals surface area contributed by atoms with E-state index >= 15 is 0 Å². The molecule has 3 heterocycles. The summed E-state index contributed by atoms with van der Waals surface area (Å²) in [6.45, 7) is 5.88. The number of anilines is 1. The van der Waals surface area contributed by atoms with E-state index in [0.29, 0.717) is 0 Å². The molecule has 1 fully saturated rings. The number of pyridine rings is 1. The van der Waals surface area contributed by atoms with Crippen LogP contribution in [0.5, 0.6) is 0 Å². The Morgan fingerprint density at radius 1 is 1.32 bits per heavy atom. The number of fused-ring (bicyclic) bond motifs is 1. The standard InChI is InChI=1S/C15H22N4/c1-2-18-7-5-12(6-8-18)9-15-17-10-14-4-3-13(16)11-19(14)15/h3-4,10-12H,2,5-9,16H2,1H3. The van der Waals surface area contributed by atoms with Crippen LogP contribution in [-0.2, 0) is 6.42 Å². The topological polar surface area (TPSA) is 46.6 Å². The number of nitrogens with zero attached hydrogens (tertiary/aromatic N) is 3. The maximum atomic E-state index is 5.87. The minimum absolute atomic E-state index is 0.759. The molecule has 0 unspecified atom stereocenters. The summed E-state index contributed by atoms with van der Waals surface area (Å²) in [5.41, 5.74) is 7.80. The molecule has 0 atom stereocenters. The van der Waals surface area contributed by atoms with Crippen molar-refractivity contribution in [2.24, 2.45) is 5.92 Å². The van der Waals surface area contributed by atoms with E-state index in [-0.39, 0.29) is 0 Å². The number of imidazole rings is 1. The van der Waals surface area contributed by atoms with Gasteiger partial charge in [0.05, 0.1) is 11.7 Å². The molecular formula is C15H22N4. The van der Waals surface area contributed by atoms with Crippen molar-refractivity contribution in [2.45, 2.75) is 26.2 Å². The summed E-state index contributed by atoms with van der Waals surface area (Å²) in [6.07, 6.45) is 7.56. The number of aromatic nitrogens is 2. The van der Waals surface area contributed by atoms with Crippen LogP contribution in [0, 0.1) is 5.92 Å². The molecule has 0 bridgehead atoms. The highest BCUT2D eigenvalue weighted by molar-refractivity contribution is 5.52. The van der Waals surface area contributed by atoms with Gasteiger partial charge in [-0.25, -0.2) is 4.98 Å². The van der Waals surface area contributed by atoms with Gasteiger partial charge in [-0.3, -0.25) is 0 Å². The fourth-order valence-electron chi connectivity index (χ4n) is 2.98. The Morgan fingerprint density at radius 2 is 2.11 bits per heavy atom. The SMILES string of the molecule is CCN1CCC(Cc2ncc3ccc(N)cn23)CC1. The second-order valence-electron chi connectivity index (χ2n) is 5.51. The predicted molar refractivity (Wildman–Crippen MR) is 78.1 cm³/mol.